The average Bonchev–Trinajstić information content (AvgIpc) is 2.86. The largest absolute Gasteiger partial charge is 0.317 e. The highest BCUT2D eigenvalue weighted by atomic mass is 16.1. The molecule has 7 heteroatoms. The van der Waals surface area contributed by atoms with Gasteiger partial charge in [-0.25, -0.2) is 14.5 Å². The van der Waals surface area contributed by atoms with Crippen LogP contribution in [0.4, 0.5) is 0 Å². The van der Waals surface area contributed by atoms with Crippen molar-refractivity contribution in [3.63, 3.8) is 0 Å². The lowest BCUT2D eigenvalue weighted by atomic mass is 9.94. The summed E-state index contributed by atoms with van der Waals surface area (Å²) in [6.45, 7) is 1.94. The molecule has 0 radical (unpaired) electrons. The summed E-state index contributed by atoms with van der Waals surface area (Å²) in [5.41, 5.74) is 2.67. The van der Waals surface area contributed by atoms with Crippen LogP contribution in [0.1, 0.15) is 24.5 Å². The van der Waals surface area contributed by atoms with Gasteiger partial charge in [-0.3, -0.25) is 4.79 Å². The van der Waals surface area contributed by atoms with Crippen LogP contribution in [0.3, 0.4) is 0 Å². The lowest BCUT2D eigenvalue weighted by Gasteiger charge is -2.22. The molecule has 1 fully saturated rings. The maximum atomic E-state index is 11.9. The first kappa shape index (κ1) is 11.5. The molecule has 0 spiro atoms. The minimum atomic E-state index is -0.113. The number of aromatic nitrogens is 5. The lowest BCUT2D eigenvalue weighted by Crippen LogP contribution is -2.28. The van der Waals surface area contributed by atoms with Crippen molar-refractivity contribution in [3.8, 4) is 0 Å². The summed E-state index contributed by atoms with van der Waals surface area (Å²) in [4.78, 5) is 23.2. The van der Waals surface area contributed by atoms with Crippen molar-refractivity contribution in [1.29, 1.82) is 0 Å². The Hall–Kier alpha value is -2.28. The standard InChI is InChI=1S/C13H14N6O/c20-10-7-9(8-1-3-14-4-2-8)19-13(17-10)11-12(18-19)16-6-5-15-11/h5-8,14H,1-4H2,(H,17,20). The van der Waals surface area contributed by atoms with E-state index in [4.69, 9.17) is 0 Å². The molecule has 1 saturated heterocycles. The molecule has 0 amide bonds. The molecule has 0 aliphatic carbocycles. The molecule has 0 atom stereocenters. The molecule has 0 saturated carbocycles. The van der Waals surface area contributed by atoms with Crippen LogP contribution in [0.25, 0.3) is 16.8 Å². The van der Waals surface area contributed by atoms with E-state index in [-0.39, 0.29) is 5.56 Å². The topological polar surface area (TPSA) is 88.0 Å². The highest BCUT2D eigenvalue weighted by Gasteiger charge is 2.21. The van der Waals surface area contributed by atoms with Gasteiger partial charge in [0, 0.05) is 24.4 Å². The number of nitrogens with zero attached hydrogens (tertiary/aromatic N) is 4. The van der Waals surface area contributed by atoms with Gasteiger partial charge in [-0.15, -0.1) is 5.10 Å². The quantitative estimate of drug-likeness (QED) is 0.669. The number of hydrogen-bond acceptors (Lipinski definition) is 5. The van der Waals surface area contributed by atoms with E-state index in [1.165, 1.54) is 0 Å². The van der Waals surface area contributed by atoms with E-state index in [0.717, 1.165) is 31.6 Å². The van der Waals surface area contributed by atoms with Gasteiger partial charge < -0.3 is 10.3 Å². The third kappa shape index (κ3) is 1.70. The van der Waals surface area contributed by atoms with Gasteiger partial charge in [-0.1, -0.05) is 0 Å². The van der Waals surface area contributed by atoms with Gasteiger partial charge in [-0.2, -0.15) is 0 Å². The molecule has 20 heavy (non-hydrogen) atoms. The summed E-state index contributed by atoms with van der Waals surface area (Å²) in [6, 6.07) is 1.65. The first-order valence-corrected chi connectivity index (χ1v) is 6.76. The zero-order valence-corrected chi connectivity index (χ0v) is 10.8. The molecule has 4 heterocycles. The van der Waals surface area contributed by atoms with Gasteiger partial charge in [-0.05, 0) is 25.9 Å². The fourth-order valence-corrected chi connectivity index (χ4v) is 2.87. The van der Waals surface area contributed by atoms with Crippen LogP contribution in [0.5, 0.6) is 0 Å². The maximum Gasteiger partial charge on any atom is 0.251 e. The van der Waals surface area contributed by atoms with E-state index in [1.54, 1.807) is 23.0 Å². The third-order valence-corrected chi connectivity index (χ3v) is 3.83. The second-order valence-electron chi connectivity index (χ2n) is 5.07. The average molecular weight is 270 g/mol. The fourth-order valence-electron chi connectivity index (χ4n) is 2.87. The minimum Gasteiger partial charge on any atom is -0.317 e. The fraction of sp³-hybridized carbons (Fsp3) is 0.385. The molecule has 4 rings (SSSR count). The molecule has 2 N–H and O–H groups in total. The first-order chi connectivity index (χ1) is 9.83. The van der Waals surface area contributed by atoms with Crippen molar-refractivity contribution in [2.24, 2.45) is 0 Å². The molecule has 0 aromatic carbocycles. The summed E-state index contributed by atoms with van der Waals surface area (Å²) in [6.07, 6.45) is 5.24. The van der Waals surface area contributed by atoms with E-state index in [1.807, 2.05) is 0 Å². The Labute approximate surface area is 114 Å². The SMILES string of the molecule is O=c1cc(C2CCNCC2)n2nc3nccnc3c2[nH]1. The van der Waals surface area contributed by atoms with Crippen LogP contribution in [0, 0.1) is 0 Å². The molecule has 3 aromatic rings. The number of H-pyrrole nitrogens is 1. The number of hydrogen-bond donors (Lipinski definition) is 2. The third-order valence-electron chi connectivity index (χ3n) is 3.83. The smallest absolute Gasteiger partial charge is 0.251 e. The number of piperidine rings is 1. The summed E-state index contributed by atoms with van der Waals surface area (Å²) >= 11 is 0. The van der Waals surface area contributed by atoms with Gasteiger partial charge in [0.25, 0.3) is 5.56 Å². The van der Waals surface area contributed by atoms with Gasteiger partial charge in [0.15, 0.2) is 11.2 Å². The highest BCUT2D eigenvalue weighted by Crippen LogP contribution is 2.25. The van der Waals surface area contributed by atoms with Crippen molar-refractivity contribution >= 4 is 16.8 Å². The molecular weight excluding hydrogens is 256 g/mol. The van der Waals surface area contributed by atoms with Crippen LogP contribution < -0.4 is 10.9 Å². The van der Waals surface area contributed by atoms with E-state index in [0.29, 0.717) is 22.7 Å². The van der Waals surface area contributed by atoms with Crippen molar-refractivity contribution < 1.29 is 0 Å². The number of nitrogens with one attached hydrogen (secondary N) is 2. The Morgan fingerprint density at radius 3 is 2.85 bits per heavy atom. The second-order valence-corrected chi connectivity index (χ2v) is 5.07. The zero-order chi connectivity index (χ0) is 13.5. The Morgan fingerprint density at radius 1 is 1.20 bits per heavy atom. The maximum absolute atomic E-state index is 11.9. The van der Waals surface area contributed by atoms with E-state index in [2.05, 4.69) is 25.4 Å². The van der Waals surface area contributed by atoms with Crippen molar-refractivity contribution in [2.75, 3.05) is 13.1 Å². The Morgan fingerprint density at radius 2 is 2.00 bits per heavy atom. The predicted molar refractivity (Wildman–Crippen MR) is 73.8 cm³/mol. The van der Waals surface area contributed by atoms with E-state index < -0.39 is 0 Å². The molecule has 0 unspecified atom stereocenters. The van der Waals surface area contributed by atoms with E-state index >= 15 is 0 Å². The first-order valence-electron chi connectivity index (χ1n) is 6.76. The highest BCUT2D eigenvalue weighted by molar-refractivity contribution is 5.85. The van der Waals surface area contributed by atoms with Crippen LogP contribution in [0.15, 0.2) is 23.3 Å². The van der Waals surface area contributed by atoms with Crippen LogP contribution >= 0.6 is 0 Å². The van der Waals surface area contributed by atoms with Gasteiger partial charge >= 0.3 is 0 Å². The summed E-state index contributed by atoms with van der Waals surface area (Å²) in [5.74, 6) is 0.343. The lowest BCUT2D eigenvalue weighted by molar-refractivity contribution is 0.446. The molecule has 3 aromatic heterocycles. The van der Waals surface area contributed by atoms with Gasteiger partial charge in [0.1, 0.15) is 0 Å². The van der Waals surface area contributed by atoms with E-state index in [9.17, 15) is 4.79 Å². The Bertz CT molecular complexity index is 830. The predicted octanol–water partition coefficient (Wildman–Crippen LogP) is 0.433. The van der Waals surface area contributed by atoms with Gasteiger partial charge in [0.2, 0.25) is 5.65 Å². The monoisotopic (exact) mass is 270 g/mol. The second kappa shape index (κ2) is 4.38. The van der Waals surface area contributed by atoms with Crippen LogP contribution in [-0.2, 0) is 0 Å². The molecule has 102 valence electrons. The molecular formula is C13H14N6O. The van der Waals surface area contributed by atoms with Gasteiger partial charge in [0.05, 0.1) is 5.69 Å². The Kier molecular flexibility index (Phi) is 2.53. The number of fused-ring (bicyclic) bond motifs is 3. The summed E-state index contributed by atoms with van der Waals surface area (Å²) in [5, 5.41) is 7.82. The van der Waals surface area contributed by atoms with Crippen LogP contribution in [-0.4, -0.2) is 37.7 Å². The van der Waals surface area contributed by atoms with Crippen molar-refractivity contribution in [2.45, 2.75) is 18.8 Å². The minimum absolute atomic E-state index is 0.113. The summed E-state index contributed by atoms with van der Waals surface area (Å²) in [7, 11) is 0. The number of aromatic amines is 1. The molecule has 1 aliphatic heterocycles. The van der Waals surface area contributed by atoms with Crippen molar-refractivity contribution in [1.82, 2.24) is 29.9 Å². The molecule has 7 nitrogen and oxygen atoms in total. The number of rotatable bonds is 1. The zero-order valence-electron chi connectivity index (χ0n) is 10.8. The molecule has 1 aliphatic rings. The normalized spacial score (nSPS) is 17.0. The van der Waals surface area contributed by atoms with Crippen molar-refractivity contribution in [3.05, 3.63) is 34.5 Å². The molecule has 0 bridgehead atoms. The summed E-state index contributed by atoms with van der Waals surface area (Å²) < 4.78 is 1.79. The van der Waals surface area contributed by atoms with Crippen LogP contribution in [0.2, 0.25) is 0 Å². The Balaban J connectivity index is 2.02.